The fourth-order valence-corrected chi connectivity index (χ4v) is 7.94. The Hall–Kier alpha value is -1.82. The zero-order valence-corrected chi connectivity index (χ0v) is 30.8. The topological polar surface area (TPSA) is 88.1 Å². The first-order valence-electron chi connectivity index (χ1n) is 15.9. The Balaban J connectivity index is 3.17. The highest BCUT2D eigenvalue weighted by atomic mass is 28.4. The third kappa shape index (κ3) is 13.0. The molecule has 1 rings (SSSR count). The highest BCUT2D eigenvalue weighted by Crippen LogP contribution is 2.42. The van der Waals surface area contributed by atoms with Gasteiger partial charge in [-0.3, -0.25) is 14.4 Å². The first-order chi connectivity index (χ1) is 19.8. The van der Waals surface area contributed by atoms with Gasteiger partial charge in [-0.15, -0.1) is 6.58 Å². The smallest absolute Gasteiger partial charge is 0.317 e. The van der Waals surface area contributed by atoms with E-state index in [2.05, 4.69) is 84.4 Å². The molecule has 9 heteroatoms. The van der Waals surface area contributed by atoms with Crippen LogP contribution in [-0.4, -0.2) is 59.8 Å². The molecule has 0 saturated heterocycles. The summed E-state index contributed by atoms with van der Waals surface area (Å²) < 4.78 is 23.8. The van der Waals surface area contributed by atoms with Gasteiger partial charge in [0.2, 0.25) is 0 Å². The van der Waals surface area contributed by atoms with E-state index in [1.807, 2.05) is 12.2 Å². The van der Waals surface area contributed by atoms with Crippen LogP contribution < -0.4 is 0 Å². The van der Waals surface area contributed by atoms with Gasteiger partial charge in [-0.2, -0.15) is 0 Å². The van der Waals surface area contributed by atoms with Crippen LogP contribution in [0.2, 0.25) is 37.8 Å². The molecule has 0 bridgehead atoms. The zero-order valence-electron chi connectivity index (χ0n) is 28.8. The summed E-state index contributed by atoms with van der Waals surface area (Å²) >= 11 is 0. The lowest BCUT2D eigenvalue weighted by molar-refractivity contribution is -0.151. The van der Waals surface area contributed by atoms with Crippen LogP contribution in [0.15, 0.2) is 37.0 Å². The Morgan fingerprint density at radius 1 is 1.05 bits per heavy atom. The van der Waals surface area contributed by atoms with Gasteiger partial charge < -0.3 is 18.3 Å². The molecule has 0 aromatic rings. The molecule has 1 aliphatic rings. The van der Waals surface area contributed by atoms with Crippen molar-refractivity contribution in [1.29, 1.82) is 0 Å². The van der Waals surface area contributed by atoms with Gasteiger partial charge in [-0.05, 0) is 75.5 Å². The van der Waals surface area contributed by atoms with Crippen molar-refractivity contribution in [3.05, 3.63) is 37.0 Å². The van der Waals surface area contributed by atoms with Crippen molar-refractivity contribution in [2.45, 2.75) is 135 Å². The molecule has 0 radical (unpaired) electrons. The molecular weight excluding hydrogens is 577 g/mol. The van der Waals surface area contributed by atoms with Gasteiger partial charge in [-0.1, -0.05) is 65.3 Å². The Bertz CT molecular complexity index is 990. The maximum Gasteiger partial charge on any atom is 0.317 e. The number of methoxy groups -OCH3 is 1. The summed E-state index contributed by atoms with van der Waals surface area (Å²) in [5.41, 5.74) is 0.261. The van der Waals surface area contributed by atoms with Crippen LogP contribution in [0.5, 0.6) is 0 Å². The fraction of sp³-hybridized carbons (Fsp3) is 0.735. The molecule has 0 N–H and O–H groups in total. The van der Waals surface area contributed by atoms with Gasteiger partial charge in [-0.25, -0.2) is 0 Å². The van der Waals surface area contributed by atoms with E-state index >= 15 is 0 Å². The van der Waals surface area contributed by atoms with Crippen LogP contribution in [0, 0.1) is 11.8 Å². The van der Waals surface area contributed by atoms with E-state index in [0.29, 0.717) is 25.7 Å². The van der Waals surface area contributed by atoms with Crippen molar-refractivity contribution in [2.24, 2.45) is 11.8 Å². The lowest BCUT2D eigenvalue weighted by Gasteiger charge is -2.39. The van der Waals surface area contributed by atoms with E-state index in [4.69, 9.17) is 13.6 Å². The summed E-state index contributed by atoms with van der Waals surface area (Å²) in [6.45, 7) is 27.8. The molecule has 4 atom stereocenters. The van der Waals surface area contributed by atoms with E-state index in [9.17, 15) is 14.4 Å². The predicted octanol–water partition coefficient (Wildman–Crippen LogP) is 8.33. The second kappa shape index (κ2) is 17.0. The molecule has 0 spiro atoms. The molecule has 1 aliphatic carbocycles. The third-order valence-electron chi connectivity index (χ3n) is 8.53. The van der Waals surface area contributed by atoms with Crippen LogP contribution in [0.3, 0.4) is 0 Å². The molecule has 0 aromatic heterocycles. The molecule has 0 aliphatic heterocycles. The molecule has 43 heavy (non-hydrogen) atoms. The lowest BCUT2D eigenvalue weighted by atomic mass is 9.90. The minimum absolute atomic E-state index is 0.0438. The molecule has 1 unspecified atom stereocenters. The Labute approximate surface area is 264 Å². The van der Waals surface area contributed by atoms with Crippen molar-refractivity contribution in [3.63, 3.8) is 0 Å². The van der Waals surface area contributed by atoms with E-state index in [-0.39, 0.29) is 29.8 Å². The number of rotatable bonds is 19. The van der Waals surface area contributed by atoms with Crippen molar-refractivity contribution in [1.82, 2.24) is 0 Å². The first-order valence-corrected chi connectivity index (χ1v) is 22.2. The highest BCUT2D eigenvalue weighted by molar-refractivity contribution is 6.74. The van der Waals surface area contributed by atoms with Crippen LogP contribution >= 0.6 is 0 Å². The third-order valence-corrected chi connectivity index (χ3v) is 14.1. The summed E-state index contributed by atoms with van der Waals surface area (Å²) in [5.74, 6) is -2.27. The summed E-state index contributed by atoms with van der Waals surface area (Å²) in [6, 6.07) is 0. The number of ketones is 1. The average Bonchev–Trinajstić information content (AvgIpc) is 3.20. The van der Waals surface area contributed by atoms with Gasteiger partial charge in [0.05, 0.1) is 18.8 Å². The van der Waals surface area contributed by atoms with Crippen LogP contribution in [0.1, 0.15) is 85.5 Å². The minimum atomic E-state index is -2.22. The Kier molecular flexibility index (Phi) is 15.5. The summed E-state index contributed by atoms with van der Waals surface area (Å²) in [6.07, 6.45) is 11.7. The average molecular weight is 637 g/mol. The first kappa shape index (κ1) is 39.2. The van der Waals surface area contributed by atoms with Gasteiger partial charge in [0.15, 0.2) is 16.6 Å². The quantitative estimate of drug-likeness (QED) is 0.0463. The zero-order chi connectivity index (χ0) is 33.1. The Morgan fingerprint density at radius 2 is 1.67 bits per heavy atom. The van der Waals surface area contributed by atoms with Crippen molar-refractivity contribution in [3.8, 4) is 0 Å². The van der Waals surface area contributed by atoms with E-state index in [0.717, 1.165) is 31.3 Å². The number of carbonyl (C=O) groups is 3. The van der Waals surface area contributed by atoms with Crippen LogP contribution in [0.4, 0.5) is 0 Å². The van der Waals surface area contributed by atoms with Gasteiger partial charge >= 0.3 is 11.9 Å². The molecule has 0 aromatic carbocycles. The van der Waals surface area contributed by atoms with E-state index in [1.165, 1.54) is 7.11 Å². The SMILES string of the molecule is C=CC(C/C=C/[C@@H]1[C@@H](C(=O)OCC(=C)CCCCC(=O)OC)C(=O)C[C@H]1O[Si](C)(C)C(C)(C)C)(CCCC)O[Si](C)(C)C. The van der Waals surface area contributed by atoms with E-state index in [1.54, 1.807) is 0 Å². The summed E-state index contributed by atoms with van der Waals surface area (Å²) in [5, 5.41) is -0.0438. The second-order valence-electron chi connectivity index (χ2n) is 14.5. The van der Waals surface area contributed by atoms with Gasteiger partial charge in [0, 0.05) is 18.8 Å². The minimum Gasteiger partial charge on any atom is -0.469 e. The monoisotopic (exact) mass is 636 g/mol. The summed E-state index contributed by atoms with van der Waals surface area (Å²) in [7, 11) is -2.73. The molecule has 0 amide bonds. The highest BCUT2D eigenvalue weighted by Gasteiger charge is 2.50. The normalized spacial score (nSPS) is 21.1. The van der Waals surface area contributed by atoms with Crippen molar-refractivity contribution in [2.75, 3.05) is 13.7 Å². The number of ether oxygens (including phenoxy) is 2. The number of hydrogen-bond acceptors (Lipinski definition) is 7. The number of Topliss-reactive ketones (excluding diaryl/α,β-unsaturated/α-hetero) is 1. The Morgan fingerprint density at radius 3 is 2.21 bits per heavy atom. The standard InChI is InChI=1S/C34H60O7Si2/c1-13-15-22-34(14-2,41-42(8,9)10)23-18-20-27-29(40-43(11,12)33(4,5)6)24-28(35)31(27)32(37)39-25-26(3)19-16-17-21-30(36)38-7/h14,18,20,27,29,31H,2-3,13,15-17,19,21-25H2,1,4-12H3/b20-18+/t27-,29+,31+,34?/m0/s1. The van der Waals surface area contributed by atoms with Crippen molar-refractivity contribution >= 4 is 34.4 Å². The van der Waals surface area contributed by atoms with Crippen LogP contribution in [0.25, 0.3) is 0 Å². The number of esters is 2. The molecule has 0 heterocycles. The number of hydrogen-bond donors (Lipinski definition) is 0. The number of unbranched alkanes of at least 4 members (excludes halogenated alkanes) is 2. The van der Waals surface area contributed by atoms with Crippen molar-refractivity contribution < 1.29 is 32.7 Å². The van der Waals surface area contributed by atoms with Crippen LogP contribution in [-0.2, 0) is 32.7 Å². The maximum absolute atomic E-state index is 13.4. The molecule has 246 valence electrons. The van der Waals surface area contributed by atoms with Gasteiger partial charge in [0.25, 0.3) is 0 Å². The molecule has 1 saturated carbocycles. The molecule has 7 nitrogen and oxygen atoms in total. The largest absolute Gasteiger partial charge is 0.469 e. The lowest BCUT2D eigenvalue weighted by Crippen LogP contribution is -2.45. The number of carbonyl (C=O) groups excluding carboxylic acids is 3. The fourth-order valence-electron chi connectivity index (χ4n) is 5.10. The molecule has 1 fully saturated rings. The van der Waals surface area contributed by atoms with E-state index < -0.39 is 46.1 Å². The van der Waals surface area contributed by atoms with Gasteiger partial charge in [0.1, 0.15) is 18.3 Å². The predicted molar refractivity (Wildman–Crippen MR) is 180 cm³/mol. The maximum atomic E-state index is 13.4. The summed E-state index contributed by atoms with van der Waals surface area (Å²) in [4.78, 5) is 38.1. The second-order valence-corrected chi connectivity index (χ2v) is 23.7. The molecular formula is C34H60O7Si2.